The van der Waals surface area contributed by atoms with E-state index in [1.165, 1.54) is 6.07 Å². The molecule has 76 valence electrons. The molecule has 0 spiro atoms. The monoisotopic (exact) mass is 200 g/mol. The molecule has 1 aromatic carbocycles. The van der Waals surface area contributed by atoms with Crippen molar-refractivity contribution in [2.45, 2.75) is 19.3 Å². The third kappa shape index (κ3) is 1.89. The van der Waals surface area contributed by atoms with Gasteiger partial charge in [0.1, 0.15) is 6.29 Å². The van der Waals surface area contributed by atoms with Crippen molar-refractivity contribution in [2.24, 2.45) is 0 Å². The van der Waals surface area contributed by atoms with E-state index in [1.807, 2.05) is 0 Å². The average molecular weight is 200 g/mol. The molecule has 0 aliphatic heterocycles. The maximum Gasteiger partial charge on any atom is 0.188 e. The Kier molecular flexibility index (Phi) is 3.17. The van der Waals surface area contributed by atoms with Crippen molar-refractivity contribution in [3.8, 4) is 5.75 Å². The zero-order valence-electron chi connectivity index (χ0n) is 7.63. The number of phenols is 1. The molecule has 0 radical (unpaired) electrons. The number of aldehydes is 1. The van der Waals surface area contributed by atoms with E-state index in [1.54, 1.807) is 6.92 Å². The van der Waals surface area contributed by atoms with E-state index >= 15 is 0 Å². The van der Waals surface area contributed by atoms with Crippen molar-refractivity contribution in [2.75, 3.05) is 0 Å². The van der Waals surface area contributed by atoms with Gasteiger partial charge in [-0.2, -0.15) is 0 Å². The molecule has 1 unspecified atom stereocenters. The molecule has 0 aliphatic carbocycles. The van der Waals surface area contributed by atoms with Crippen molar-refractivity contribution in [1.29, 1.82) is 0 Å². The van der Waals surface area contributed by atoms with Crippen LogP contribution in [0.25, 0.3) is 0 Å². The zero-order valence-corrected chi connectivity index (χ0v) is 7.63. The lowest BCUT2D eigenvalue weighted by molar-refractivity contribution is -0.108. The van der Waals surface area contributed by atoms with Gasteiger partial charge in [0.15, 0.2) is 17.4 Å². The van der Waals surface area contributed by atoms with Gasteiger partial charge in [0, 0.05) is 6.42 Å². The van der Waals surface area contributed by atoms with E-state index in [0.717, 1.165) is 6.07 Å². The standard InChI is InChI=1S/C10H10F2O2/c1-6(4-5-13)7-2-3-8(11)10(14)9(7)12/h2-3,5-6,14H,4H2,1H3. The van der Waals surface area contributed by atoms with Gasteiger partial charge >= 0.3 is 0 Å². The Morgan fingerprint density at radius 2 is 2.14 bits per heavy atom. The molecule has 0 bridgehead atoms. The highest BCUT2D eigenvalue weighted by molar-refractivity contribution is 5.52. The number of carbonyl (C=O) groups is 1. The summed E-state index contributed by atoms with van der Waals surface area (Å²) in [7, 11) is 0. The van der Waals surface area contributed by atoms with Gasteiger partial charge in [0.2, 0.25) is 0 Å². The van der Waals surface area contributed by atoms with Crippen LogP contribution < -0.4 is 0 Å². The van der Waals surface area contributed by atoms with E-state index in [2.05, 4.69) is 0 Å². The van der Waals surface area contributed by atoms with Crippen LogP contribution in [-0.4, -0.2) is 11.4 Å². The summed E-state index contributed by atoms with van der Waals surface area (Å²) >= 11 is 0. The minimum Gasteiger partial charge on any atom is -0.503 e. The molecule has 0 saturated carbocycles. The molecular weight excluding hydrogens is 190 g/mol. The Balaban J connectivity index is 3.10. The summed E-state index contributed by atoms with van der Waals surface area (Å²) in [5.74, 6) is -3.33. The van der Waals surface area contributed by atoms with Crippen LogP contribution >= 0.6 is 0 Å². The Hall–Kier alpha value is -1.45. The number of rotatable bonds is 3. The van der Waals surface area contributed by atoms with E-state index in [-0.39, 0.29) is 17.9 Å². The highest BCUT2D eigenvalue weighted by Crippen LogP contribution is 2.28. The van der Waals surface area contributed by atoms with Gasteiger partial charge in [-0.3, -0.25) is 0 Å². The topological polar surface area (TPSA) is 37.3 Å². The van der Waals surface area contributed by atoms with Crippen LogP contribution in [0.2, 0.25) is 0 Å². The SMILES string of the molecule is CC(CC=O)c1ccc(F)c(O)c1F. The lowest BCUT2D eigenvalue weighted by Crippen LogP contribution is -1.99. The van der Waals surface area contributed by atoms with Gasteiger partial charge < -0.3 is 9.90 Å². The van der Waals surface area contributed by atoms with E-state index in [9.17, 15) is 13.6 Å². The molecule has 1 N–H and O–H groups in total. The first-order valence-corrected chi connectivity index (χ1v) is 4.18. The first-order valence-electron chi connectivity index (χ1n) is 4.18. The maximum atomic E-state index is 13.2. The van der Waals surface area contributed by atoms with Crippen molar-refractivity contribution >= 4 is 6.29 Å². The summed E-state index contributed by atoms with van der Waals surface area (Å²) in [5, 5.41) is 8.97. The lowest BCUT2D eigenvalue weighted by Gasteiger charge is -2.10. The van der Waals surface area contributed by atoms with Crippen LogP contribution in [-0.2, 0) is 4.79 Å². The number of benzene rings is 1. The van der Waals surface area contributed by atoms with E-state index in [0.29, 0.717) is 6.29 Å². The van der Waals surface area contributed by atoms with Crippen molar-refractivity contribution in [3.05, 3.63) is 29.3 Å². The minimum atomic E-state index is -0.996. The Morgan fingerprint density at radius 3 is 2.71 bits per heavy atom. The van der Waals surface area contributed by atoms with Gasteiger partial charge in [-0.15, -0.1) is 0 Å². The summed E-state index contributed by atoms with van der Waals surface area (Å²) in [5.41, 5.74) is 0.149. The Morgan fingerprint density at radius 1 is 1.50 bits per heavy atom. The molecule has 1 atom stereocenters. The van der Waals surface area contributed by atoms with Gasteiger partial charge in [-0.05, 0) is 17.5 Å². The Labute approximate surface area is 80.2 Å². The fraction of sp³-hybridized carbons (Fsp3) is 0.300. The summed E-state index contributed by atoms with van der Waals surface area (Å²) in [4.78, 5) is 10.2. The molecule has 4 heteroatoms. The fourth-order valence-corrected chi connectivity index (χ4v) is 1.21. The van der Waals surface area contributed by atoms with Crippen molar-refractivity contribution < 1.29 is 18.7 Å². The molecule has 0 saturated heterocycles. The predicted molar refractivity (Wildman–Crippen MR) is 47.1 cm³/mol. The highest BCUT2D eigenvalue weighted by atomic mass is 19.1. The first-order chi connectivity index (χ1) is 6.57. The molecular formula is C10H10F2O2. The third-order valence-electron chi connectivity index (χ3n) is 2.08. The maximum absolute atomic E-state index is 13.2. The summed E-state index contributed by atoms with van der Waals surface area (Å²) < 4.78 is 25.9. The molecule has 1 aromatic rings. The molecule has 14 heavy (non-hydrogen) atoms. The highest BCUT2D eigenvalue weighted by Gasteiger charge is 2.16. The summed E-state index contributed by atoms with van der Waals surface area (Å²) in [6.45, 7) is 1.63. The molecule has 2 nitrogen and oxygen atoms in total. The van der Waals surface area contributed by atoms with Crippen LogP contribution in [0.1, 0.15) is 24.8 Å². The molecule has 1 rings (SSSR count). The molecule has 0 fully saturated rings. The van der Waals surface area contributed by atoms with Crippen LogP contribution in [0.4, 0.5) is 8.78 Å². The molecule has 0 heterocycles. The Bertz CT molecular complexity index is 350. The quantitative estimate of drug-likeness (QED) is 0.760. The van der Waals surface area contributed by atoms with Crippen LogP contribution in [0, 0.1) is 11.6 Å². The summed E-state index contributed by atoms with van der Waals surface area (Å²) in [6, 6.07) is 2.22. The third-order valence-corrected chi connectivity index (χ3v) is 2.08. The number of aromatic hydroxyl groups is 1. The van der Waals surface area contributed by atoms with Crippen molar-refractivity contribution in [1.82, 2.24) is 0 Å². The van der Waals surface area contributed by atoms with Gasteiger partial charge in [-0.1, -0.05) is 13.0 Å². The average Bonchev–Trinajstić information content (AvgIpc) is 2.15. The minimum absolute atomic E-state index is 0.141. The van der Waals surface area contributed by atoms with E-state index < -0.39 is 17.4 Å². The summed E-state index contributed by atoms with van der Waals surface area (Å²) in [6.07, 6.45) is 0.798. The number of hydrogen-bond donors (Lipinski definition) is 1. The second kappa shape index (κ2) is 4.17. The first kappa shape index (κ1) is 10.6. The smallest absolute Gasteiger partial charge is 0.188 e. The zero-order chi connectivity index (χ0) is 10.7. The molecule has 0 aromatic heterocycles. The number of halogens is 2. The van der Waals surface area contributed by atoms with Gasteiger partial charge in [-0.25, -0.2) is 8.78 Å². The molecule has 0 aliphatic rings. The van der Waals surface area contributed by atoms with Crippen LogP contribution in [0.5, 0.6) is 5.75 Å². The lowest BCUT2D eigenvalue weighted by atomic mass is 9.97. The van der Waals surface area contributed by atoms with Crippen LogP contribution in [0.3, 0.4) is 0 Å². The van der Waals surface area contributed by atoms with Gasteiger partial charge in [0.05, 0.1) is 0 Å². The number of carbonyl (C=O) groups excluding carboxylic acids is 1. The number of hydrogen-bond acceptors (Lipinski definition) is 2. The normalized spacial score (nSPS) is 12.5. The van der Waals surface area contributed by atoms with Gasteiger partial charge in [0.25, 0.3) is 0 Å². The fourth-order valence-electron chi connectivity index (χ4n) is 1.21. The van der Waals surface area contributed by atoms with Crippen molar-refractivity contribution in [3.63, 3.8) is 0 Å². The van der Waals surface area contributed by atoms with E-state index in [4.69, 9.17) is 5.11 Å². The largest absolute Gasteiger partial charge is 0.503 e. The second-order valence-corrected chi connectivity index (χ2v) is 3.10. The second-order valence-electron chi connectivity index (χ2n) is 3.10. The number of phenolic OH excluding ortho intramolecular Hbond substituents is 1. The van der Waals surface area contributed by atoms with Crippen LogP contribution in [0.15, 0.2) is 12.1 Å². The molecule has 0 amide bonds. The predicted octanol–water partition coefficient (Wildman–Crippen LogP) is 2.36.